The lowest BCUT2D eigenvalue weighted by molar-refractivity contribution is 0.0580. The summed E-state index contributed by atoms with van der Waals surface area (Å²) in [6.07, 6.45) is 3.02. The van der Waals surface area contributed by atoms with Crippen LogP contribution in [0.15, 0.2) is 23.0 Å². The molecule has 0 unspecified atom stereocenters. The van der Waals surface area contributed by atoms with Crippen LogP contribution in [0.3, 0.4) is 0 Å². The van der Waals surface area contributed by atoms with Crippen molar-refractivity contribution in [3.8, 4) is 0 Å². The predicted octanol–water partition coefficient (Wildman–Crippen LogP) is 2.20. The highest BCUT2D eigenvalue weighted by Crippen LogP contribution is 2.21. The van der Waals surface area contributed by atoms with Crippen LogP contribution in [0.1, 0.15) is 46.7 Å². The summed E-state index contributed by atoms with van der Waals surface area (Å²) in [6.45, 7) is 7.24. The molecule has 1 aliphatic rings. The van der Waals surface area contributed by atoms with E-state index in [0.717, 1.165) is 36.3 Å². The van der Waals surface area contributed by atoms with Gasteiger partial charge in [0, 0.05) is 25.0 Å². The fourth-order valence-corrected chi connectivity index (χ4v) is 3.56. The Morgan fingerprint density at radius 2 is 1.96 bits per heavy atom. The van der Waals surface area contributed by atoms with Gasteiger partial charge < -0.3 is 9.47 Å². The smallest absolute Gasteiger partial charge is 0.263 e. The van der Waals surface area contributed by atoms with Crippen LogP contribution in [0.4, 0.5) is 0 Å². The fourth-order valence-electron chi connectivity index (χ4n) is 3.56. The quantitative estimate of drug-likeness (QED) is 0.859. The van der Waals surface area contributed by atoms with E-state index in [-0.39, 0.29) is 23.1 Å². The average molecular weight is 342 g/mol. The van der Waals surface area contributed by atoms with Crippen molar-refractivity contribution in [1.82, 2.24) is 19.2 Å². The van der Waals surface area contributed by atoms with Gasteiger partial charge in [0.15, 0.2) is 0 Å². The van der Waals surface area contributed by atoms with Gasteiger partial charge in [0.25, 0.3) is 11.5 Å². The van der Waals surface area contributed by atoms with Gasteiger partial charge in [-0.15, -0.1) is 0 Å². The van der Waals surface area contributed by atoms with Crippen LogP contribution in [0, 0.1) is 20.8 Å². The second-order valence-electron chi connectivity index (χ2n) is 7.01. The molecular formula is C19H26N4O2. The lowest BCUT2D eigenvalue weighted by Gasteiger charge is -2.36. The first-order valence-electron chi connectivity index (χ1n) is 8.87. The molecule has 1 fully saturated rings. The van der Waals surface area contributed by atoms with Crippen LogP contribution in [0.25, 0.3) is 0 Å². The molecule has 0 aliphatic carbocycles. The Balaban J connectivity index is 1.88. The normalized spacial score (nSPS) is 17.8. The number of nitrogens with zero attached hydrogens (tertiary/aromatic N) is 4. The van der Waals surface area contributed by atoms with Gasteiger partial charge in [0.1, 0.15) is 5.56 Å². The van der Waals surface area contributed by atoms with Gasteiger partial charge in [-0.3, -0.25) is 14.3 Å². The minimum absolute atomic E-state index is 0.0743. The second-order valence-corrected chi connectivity index (χ2v) is 7.01. The van der Waals surface area contributed by atoms with Crippen LogP contribution in [-0.4, -0.2) is 37.7 Å². The molecule has 3 heterocycles. The summed E-state index contributed by atoms with van der Waals surface area (Å²) in [6, 6.07) is 5.61. The van der Waals surface area contributed by atoms with E-state index >= 15 is 0 Å². The lowest BCUT2D eigenvalue weighted by Crippen LogP contribution is -2.47. The van der Waals surface area contributed by atoms with Crippen LogP contribution < -0.4 is 5.56 Å². The molecule has 134 valence electrons. The summed E-state index contributed by atoms with van der Waals surface area (Å²) in [5.41, 5.74) is 2.97. The molecule has 0 N–H and O–H groups in total. The summed E-state index contributed by atoms with van der Waals surface area (Å²) in [5.74, 6) is -0.160. The molecule has 25 heavy (non-hydrogen) atoms. The Kier molecular flexibility index (Phi) is 4.79. The van der Waals surface area contributed by atoms with Gasteiger partial charge in [0.2, 0.25) is 0 Å². The average Bonchev–Trinajstić information content (AvgIpc) is 2.90. The van der Waals surface area contributed by atoms with Crippen molar-refractivity contribution < 1.29 is 4.79 Å². The minimum Gasteiger partial charge on any atom is -0.334 e. The van der Waals surface area contributed by atoms with E-state index in [0.29, 0.717) is 13.1 Å². The zero-order valence-corrected chi connectivity index (χ0v) is 15.5. The molecular weight excluding hydrogens is 316 g/mol. The molecule has 2 aromatic heterocycles. The van der Waals surface area contributed by atoms with Crippen molar-refractivity contribution in [1.29, 1.82) is 0 Å². The van der Waals surface area contributed by atoms with Crippen molar-refractivity contribution in [3.05, 3.63) is 51.2 Å². The third-order valence-electron chi connectivity index (χ3n) is 5.16. The monoisotopic (exact) mass is 342 g/mol. The number of hydrogen-bond acceptors (Lipinski definition) is 3. The maximum Gasteiger partial charge on any atom is 0.263 e. The molecule has 0 saturated carbocycles. The Morgan fingerprint density at radius 3 is 2.64 bits per heavy atom. The summed E-state index contributed by atoms with van der Waals surface area (Å²) < 4.78 is 3.51. The first kappa shape index (κ1) is 17.5. The van der Waals surface area contributed by atoms with Crippen molar-refractivity contribution >= 4 is 5.91 Å². The predicted molar refractivity (Wildman–Crippen MR) is 96.8 cm³/mol. The number of carbonyl (C=O) groups excluding carboxylic acids is 1. The molecule has 1 atom stereocenters. The largest absolute Gasteiger partial charge is 0.334 e. The third-order valence-corrected chi connectivity index (χ3v) is 5.16. The lowest BCUT2D eigenvalue weighted by atomic mass is 10.0. The van der Waals surface area contributed by atoms with Crippen LogP contribution in [0.5, 0.6) is 0 Å². The zero-order valence-electron chi connectivity index (χ0n) is 15.5. The molecule has 6 nitrogen and oxygen atoms in total. The number of carbonyl (C=O) groups is 1. The van der Waals surface area contributed by atoms with Crippen molar-refractivity contribution in [2.45, 2.75) is 52.6 Å². The molecule has 1 aliphatic heterocycles. The van der Waals surface area contributed by atoms with Gasteiger partial charge in [-0.1, -0.05) is 0 Å². The van der Waals surface area contributed by atoms with E-state index in [1.165, 1.54) is 4.57 Å². The van der Waals surface area contributed by atoms with E-state index in [1.807, 2.05) is 42.5 Å². The highest BCUT2D eigenvalue weighted by molar-refractivity contribution is 5.94. The molecule has 1 amide bonds. The van der Waals surface area contributed by atoms with E-state index < -0.39 is 0 Å². The summed E-state index contributed by atoms with van der Waals surface area (Å²) in [5, 5.41) is 4.53. The van der Waals surface area contributed by atoms with E-state index in [4.69, 9.17) is 0 Å². The van der Waals surface area contributed by atoms with E-state index in [1.54, 1.807) is 13.1 Å². The Morgan fingerprint density at radius 1 is 1.20 bits per heavy atom. The zero-order chi connectivity index (χ0) is 18.1. The number of piperidine rings is 1. The molecule has 1 saturated heterocycles. The summed E-state index contributed by atoms with van der Waals surface area (Å²) in [7, 11) is 1.71. The van der Waals surface area contributed by atoms with Crippen molar-refractivity contribution in [3.63, 3.8) is 0 Å². The first-order chi connectivity index (χ1) is 11.9. The van der Waals surface area contributed by atoms with Crippen molar-refractivity contribution in [2.24, 2.45) is 7.05 Å². The Labute approximate surface area is 148 Å². The van der Waals surface area contributed by atoms with Gasteiger partial charge >= 0.3 is 0 Å². The van der Waals surface area contributed by atoms with Crippen molar-refractivity contribution in [2.75, 3.05) is 6.54 Å². The number of rotatable bonds is 3. The number of aryl methyl sites for hydroxylation is 3. The topological polar surface area (TPSA) is 60.1 Å². The molecule has 0 radical (unpaired) electrons. The molecule has 2 aromatic rings. The fraction of sp³-hybridized carbons (Fsp3) is 0.526. The van der Waals surface area contributed by atoms with Gasteiger partial charge in [0.05, 0.1) is 18.3 Å². The molecule has 6 heteroatoms. The van der Waals surface area contributed by atoms with Gasteiger partial charge in [-0.2, -0.15) is 5.10 Å². The third kappa shape index (κ3) is 3.38. The Hall–Kier alpha value is -2.37. The van der Waals surface area contributed by atoms with Gasteiger partial charge in [-0.25, -0.2) is 0 Å². The Bertz CT molecular complexity index is 850. The number of likely N-dealkylation sites (tertiary alicyclic amines) is 1. The molecule has 3 rings (SSSR count). The van der Waals surface area contributed by atoms with Crippen LogP contribution >= 0.6 is 0 Å². The number of aromatic nitrogens is 3. The SMILES string of the molecule is Cc1cc(C)n(C[C@H]2CCCCN2C(=O)c2ccc(C)n(C)c2=O)n1. The summed E-state index contributed by atoms with van der Waals surface area (Å²) in [4.78, 5) is 27.4. The highest BCUT2D eigenvalue weighted by Gasteiger charge is 2.29. The molecule has 0 bridgehead atoms. The van der Waals surface area contributed by atoms with Crippen LogP contribution in [0.2, 0.25) is 0 Å². The number of amides is 1. The highest BCUT2D eigenvalue weighted by atomic mass is 16.2. The molecule has 0 aromatic carbocycles. The number of hydrogen-bond donors (Lipinski definition) is 0. The number of pyridine rings is 1. The maximum atomic E-state index is 13.1. The van der Waals surface area contributed by atoms with E-state index in [9.17, 15) is 9.59 Å². The summed E-state index contributed by atoms with van der Waals surface area (Å²) >= 11 is 0. The van der Waals surface area contributed by atoms with E-state index in [2.05, 4.69) is 5.10 Å². The molecule has 0 spiro atoms. The first-order valence-corrected chi connectivity index (χ1v) is 8.87. The maximum absolute atomic E-state index is 13.1. The standard InChI is InChI=1S/C19H26N4O2/c1-13-11-15(3)23(20-13)12-16-7-5-6-10-22(16)19(25)17-9-8-14(2)21(4)18(17)24/h8-9,11,16H,5-7,10,12H2,1-4H3/t16-/m1/s1. The van der Waals surface area contributed by atoms with Gasteiger partial charge in [-0.05, 0) is 58.2 Å². The second kappa shape index (κ2) is 6.86. The van der Waals surface area contributed by atoms with Crippen LogP contribution in [-0.2, 0) is 13.6 Å². The minimum atomic E-state index is -0.222.